The van der Waals surface area contributed by atoms with Crippen LogP contribution in [0.3, 0.4) is 0 Å². The van der Waals surface area contributed by atoms with Gasteiger partial charge >= 0.3 is 0 Å². The summed E-state index contributed by atoms with van der Waals surface area (Å²) in [5, 5.41) is 3.45. The average Bonchev–Trinajstić information content (AvgIpc) is 2.27. The molecule has 1 heterocycles. The highest BCUT2D eigenvalue weighted by Crippen LogP contribution is 2.00. The van der Waals surface area contributed by atoms with Crippen molar-refractivity contribution in [3.63, 3.8) is 0 Å². The molecule has 1 aliphatic rings. The highest BCUT2D eigenvalue weighted by molar-refractivity contribution is 4.98. The van der Waals surface area contributed by atoms with Gasteiger partial charge in [-0.15, -0.1) is 6.42 Å². The van der Waals surface area contributed by atoms with Gasteiger partial charge in [0.05, 0.1) is 19.3 Å². The normalized spacial score (nSPS) is 21.9. The monoisotopic (exact) mass is 210 g/mol. The van der Waals surface area contributed by atoms with E-state index in [0.29, 0.717) is 6.04 Å². The second kappa shape index (κ2) is 6.84. The number of morpholine rings is 1. The largest absolute Gasteiger partial charge is 0.379 e. The van der Waals surface area contributed by atoms with Crippen LogP contribution in [0.1, 0.15) is 20.3 Å². The van der Waals surface area contributed by atoms with E-state index in [2.05, 4.69) is 30.0 Å². The molecule has 1 saturated heterocycles. The van der Waals surface area contributed by atoms with Crippen LogP contribution >= 0.6 is 0 Å². The molecule has 0 aromatic rings. The number of terminal acetylenes is 1. The Hall–Kier alpha value is -0.560. The predicted molar refractivity (Wildman–Crippen MR) is 62.8 cm³/mol. The van der Waals surface area contributed by atoms with Crippen molar-refractivity contribution >= 4 is 0 Å². The van der Waals surface area contributed by atoms with Gasteiger partial charge in [0.1, 0.15) is 0 Å². The van der Waals surface area contributed by atoms with Gasteiger partial charge in [0.2, 0.25) is 0 Å². The van der Waals surface area contributed by atoms with Crippen molar-refractivity contribution in [3.8, 4) is 12.3 Å². The third-order valence-electron chi connectivity index (χ3n) is 2.73. The van der Waals surface area contributed by atoms with Crippen LogP contribution in [0.5, 0.6) is 0 Å². The fourth-order valence-electron chi connectivity index (χ4n) is 1.85. The molecule has 1 rings (SSSR count). The number of nitrogens with zero attached hydrogens (tertiary/aromatic N) is 1. The minimum atomic E-state index is 0.209. The van der Waals surface area contributed by atoms with Gasteiger partial charge in [-0.05, 0) is 13.3 Å². The van der Waals surface area contributed by atoms with E-state index in [0.717, 1.165) is 39.3 Å². The Kier molecular flexibility index (Phi) is 5.70. The smallest absolute Gasteiger partial charge is 0.0686 e. The molecule has 15 heavy (non-hydrogen) atoms. The van der Waals surface area contributed by atoms with Crippen LogP contribution in [0.2, 0.25) is 0 Å². The highest BCUT2D eigenvalue weighted by Gasteiger charge is 2.14. The molecule has 0 spiro atoms. The highest BCUT2D eigenvalue weighted by atomic mass is 16.5. The summed E-state index contributed by atoms with van der Waals surface area (Å²) in [6.45, 7) is 9.16. The van der Waals surface area contributed by atoms with E-state index in [1.165, 1.54) is 0 Å². The van der Waals surface area contributed by atoms with Crippen molar-refractivity contribution in [2.45, 2.75) is 32.4 Å². The lowest BCUT2D eigenvalue weighted by Gasteiger charge is -2.30. The molecule has 1 fully saturated rings. The summed E-state index contributed by atoms with van der Waals surface area (Å²) >= 11 is 0. The maximum absolute atomic E-state index is 5.42. The average molecular weight is 210 g/mol. The van der Waals surface area contributed by atoms with Crippen LogP contribution in [0.15, 0.2) is 0 Å². The maximum Gasteiger partial charge on any atom is 0.0686 e. The van der Waals surface area contributed by atoms with E-state index in [-0.39, 0.29) is 6.04 Å². The molecule has 2 unspecified atom stereocenters. The van der Waals surface area contributed by atoms with Crippen LogP contribution in [0.4, 0.5) is 0 Å². The molecular formula is C12H22N2O. The second-order valence-electron chi connectivity index (χ2n) is 4.11. The summed E-state index contributed by atoms with van der Waals surface area (Å²) in [4.78, 5) is 2.42. The summed E-state index contributed by atoms with van der Waals surface area (Å²) in [7, 11) is 0. The molecule has 0 aliphatic carbocycles. The van der Waals surface area contributed by atoms with Crippen molar-refractivity contribution in [1.82, 2.24) is 10.2 Å². The van der Waals surface area contributed by atoms with E-state index in [1.54, 1.807) is 0 Å². The quantitative estimate of drug-likeness (QED) is 0.676. The maximum atomic E-state index is 5.42. The molecule has 0 aromatic carbocycles. The summed E-state index contributed by atoms with van der Waals surface area (Å²) in [5.41, 5.74) is 0. The van der Waals surface area contributed by atoms with Gasteiger partial charge in [0, 0.05) is 25.7 Å². The molecule has 0 saturated carbocycles. The lowest BCUT2D eigenvalue weighted by atomic mass is 10.2. The molecule has 0 amide bonds. The minimum absolute atomic E-state index is 0.209. The fourth-order valence-corrected chi connectivity index (χ4v) is 1.85. The van der Waals surface area contributed by atoms with Crippen molar-refractivity contribution < 1.29 is 4.74 Å². The number of hydrogen-bond donors (Lipinski definition) is 1. The summed E-state index contributed by atoms with van der Waals surface area (Å²) in [6.07, 6.45) is 6.41. The lowest BCUT2D eigenvalue weighted by molar-refractivity contribution is 0.0341. The van der Waals surface area contributed by atoms with Crippen molar-refractivity contribution in [3.05, 3.63) is 0 Å². The first kappa shape index (κ1) is 12.5. The molecule has 3 nitrogen and oxygen atoms in total. The van der Waals surface area contributed by atoms with Crippen LogP contribution in [-0.2, 0) is 4.74 Å². The number of nitrogens with one attached hydrogen (secondary N) is 1. The van der Waals surface area contributed by atoms with Gasteiger partial charge in [-0.25, -0.2) is 0 Å². The van der Waals surface area contributed by atoms with Crippen molar-refractivity contribution in [2.24, 2.45) is 0 Å². The molecule has 1 N–H and O–H groups in total. The SMILES string of the molecule is C#CC(CC)NC(C)CN1CCOCC1. The Morgan fingerprint density at radius 2 is 2.13 bits per heavy atom. The third kappa shape index (κ3) is 4.65. The first-order valence-corrected chi connectivity index (χ1v) is 5.78. The lowest BCUT2D eigenvalue weighted by Crippen LogP contribution is -2.46. The van der Waals surface area contributed by atoms with Gasteiger partial charge in [0.15, 0.2) is 0 Å². The Morgan fingerprint density at radius 3 is 2.67 bits per heavy atom. The van der Waals surface area contributed by atoms with Crippen LogP contribution in [0.25, 0.3) is 0 Å². The first-order valence-electron chi connectivity index (χ1n) is 5.78. The second-order valence-corrected chi connectivity index (χ2v) is 4.11. The minimum Gasteiger partial charge on any atom is -0.379 e. The zero-order valence-corrected chi connectivity index (χ0v) is 9.83. The van der Waals surface area contributed by atoms with E-state index < -0.39 is 0 Å². The van der Waals surface area contributed by atoms with Crippen LogP contribution < -0.4 is 5.32 Å². The molecule has 0 bridgehead atoms. The number of ether oxygens (including phenoxy) is 1. The van der Waals surface area contributed by atoms with E-state index in [4.69, 9.17) is 11.2 Å². The van der Waals surface area contributed by atoms with Gasteiger partial charge in [-0.3, -0.25) is 10.2 Å². The van der Waals surface area contributed by atoms with Gasteiger partial charge in [-0.1, -0.05) is 12.8 Å². The zero-order chi connectivity index (χ0) is 11.1. The first-order chi connectivity index (χ1) is 7.26. The zero-order valence-electron chi connectivity index (χ0n) is 9.83. The molecule has 2 atom stereocenters. The van der Waals surface area contributed by atoms with E-state index in [1.807, 2.05) is 0 Å². The van der Waals surface area contributed by atoms with Gasteiger partial charge < -0.3 is 4.74 Å². The summed E-state index contributed by atoms with van der Waals surface area (Å²) < 4.78 is 5.31. The predicted octanol–water partition coefficient (Wildman–Crippen LogP) is 0.708. The van der Waals surface area contributed by atoms with Gasteiger partial charge in [0.25, 0.3) is 0 Å². The van der Waals surface area contributed by atoms with Crippen molar-refractivity contribution in [1.29, 1.82) is 0 Å². The summed E-state index contributed by atoms with van der Waals surface area (Å²) in [6, 6.07) is 0.658. The topological polar surface area (TPSA) is 24.5 Å². The van der Waals surface area contributed by atoms with Crippen LogP contribution in [-0.4, -0.2) is 49.8 Å². The molecule has 3 heteroatoms. The standard InChI is InChI=1S/C12H22N2O/c1-4-12(5-2)13-11(3)10-14-6-8-15-9-7-14/h1,11-13H,5-10H2,2-3H3. The Bertz CT molecular complexity index is 206. The van der Waals surface area contributed by atoms with Gasteiger partial charge in [-0.2, -0.15) is 0 Å². The molecule has 0 aromatic heterocycles. The third-order valence-corrected chi connectivity index (χ3v) is 2.73. The molecule has 1 aliphatic heterocycles. The summed E-state index contributed by atoms with van der Waals surface area (Å²) in [5.74, 6) is 2.77. The van der Waals surface area contributed by atoms with E-state index >= 15 is 0 Å². The number of rotatable bonds is 5. The molecule has 86 valence electrons. The Labute approximate surface area is 93.2 Å². The molecule has 0 radical (unpaired) electrons. The fraction of sp³-hybridized carbons (Fsp3) is 0.833. The van der Waals surface area contributed by atoms with Crippen LogP contribution in [0, 0.1) is 12.3 Å². The van der Waals surface area contributed by atoms with E-state index in [9.17, 15) is 0 Å². The van der Waals surface area contributed by atoms with Crippen molar-refractivity contribution in [2.75, 3.05) is 32.8 Å². The number of hydrogen-bond acceptors (Lipinski definition) is 3. The molecular weight excluding hydrogens is 188 g/mol. The Balaban J connectivity index is 2.22. The Morgan fingerprint density at radius 1 is 1.47 bits per heavy atom.